The van der Waals surface area contributed by atoms with Crippen LogP contribution in [0.3, 0.4) is 0 Å². The summed E-state index contributed by atoms with van der Waals surface area (Å²) in [4.78, 5) is 12.9. The predicted octanol–water partition coefficient (Wildman–Crippen LogP) is 2.20. The Bertz CT molecular complexity index is 580. The second kappa shape index (κ2) is 5.15. The van der Waals surface area contributed by atoms with E-state index in [2.05, 4.69) is 23.5 Å². The molecule has 1 aliphatic rings. The van der Waals surface area contributed by atoms with Crippen molar-refractivity contribution < 1.29 is 4.79 Å². The molecular formula is C15H16N2OS. The molecule has 0 saturated carbocycles. The van der Waals surface area contributed by atoms with E-state index in [9.17, 15) is 4.79 Å². The molecular weight excluding hydrogens is 256 g/mol. The SMILES string of the molecule is NC(C(=O)NCC1Cc2ccccc21)c1cccs1. The van der Waals surface area contributed by atoms with Crippen LogP contribution in [-0.4, -0.2) is 12.5 Å². The lowest BCUT2D eigenvalue weighted by Crippen LogP contribution is -2.38. The molecule has 0 fully saturated rings. The summed E-state index contributed by atoms with van der Waals surface area (Å²) in [6, 6.07) is 11.6. The third-order valence-corrected chi connectivity index (χ3v) is 4.57. The second-order valence-corrected chi connectivity index (χ2v) is 5.82. The van der Waals surface area contributed by atoms with E-state index < -0.39 is 6.04 Å². The molecule has 3 nitrogen and oxygen atoms in total. The number of hydrogen-bond acceptors (Lipinski definition) is 3. The van der Waals surface area contributed by atoms with Crippen LogP contribution in [0.25, 0.3) is 0 Å². The largest absolute Gasteiger partial charge is 0.354 e. The summed E-state index contributed by atoms with van der Waals surface area (Å²) in [6.07, 6.45) is 1.05. The van der Waals surface area contributed by atoms with Crippen molar-refractivity contribution >= 4 is 17.2 Å². The lowest BCUT2D eigenvalue weighted by Gasteiger charge is -2.30. The number of carbonyl (C=O) groups excluding carboxylic acids is 1. The van der Waals surface area contributed by atoms with Gasteiger partial charge in [0.2, 0.25) is 5.91 Å². The Morgan fingerprint density at radius 2 is 2.21 bits per heavy atom. The lowest BCUT2D eigenvalue weighted by atomic mass is 9.77. The summed E-state index contributed by atoms with van der Waals surface area (Å²) >= 11 is 1.52. The molecule has 0 aliphatic heterocycles. The highest BCUT2D eigenvalue weighted by Gasteiger charge is 2.26. The average molecular weight is 272 g/mol. The Morgan fingerprint density at radius 3 is 2.95 bits per heavy atom. The zero-order valence-corrected chi connectivity index (χ0v) is 11.3. The number of benzene rings is 1. The van der Waals surface area contributed by atoms with E-state index in [1.54, 1.807) is 0 Å². The second-order valence-electron chi connectivity index (χ2n) is 4.84. The van der Waals surface area contributed by atoms with Crippen LogP contribution in [0.2, 0.25) is 0 Å². The summed E-state index contributed by atoms with van der Waals surface area (Å²) in [6.45, 7) is 0.676. The first-order valence-electron chi connectivity index (χ1n) is 6.40. The van der Waals surface area contributed by atoms with Crippen molar-refractivity contribution in [3.63, 3.8) is 0 Å². The minimum atomic E-state index is -0.546. The van der Waals surface area contributed by atoms with E-state index in [1.165, 1.54) is 22.5 Å². The molecule has 19 heavy (non-hydrogen) atoms. The zero-order valence-electron chi connectivity index (χ0n) is 10.5. The summed E-state index contributed by atoms with van der Waals surface area (Å²) in [5.41, 5.74) is 8.67. The molecule has 2 aromatic rings. The first kappa shape index (κ1) is 12.4. The van der Waals surface area contributed by atoms with E-state index in [4.69, 9.17) is 5.73 Å². The van der Waals surface area contributed by atoms with Crippen molar-refractivity contribution in [2.45, 2.75) is 18.4 Å². The monoisotopic (exact) mass is 272 g/mol. The van der Waals surface area contributed by atoms with Crippen molar-refractivity contribution in [3.8, 4) is 0 Å². The van der Waals surface area contributed by atoms with Gasteiger partial charge in [0, 0.05) is 17.3 Å². The maximum Gasteiger partial charge on any atom is 0.242 e. The van der Waals surface area contributed by atoms with Gasteiger partial charge in [-0.15, -0.1) is 11.3 Å². The normalized spacial score (nSPS) is 18.3. The average Bonchev–Trinajstić information content (AvgIpc) is 2.92. The first-order valence-corrected chi connectivity index (χ1v) is 7.28. The molecule has 0 spiro atoms. The molecule has 2 unspecified atom stereocenters. The molecule has 2 atom stereocenters. The molecule has 0 bridgehead atoms. The Kier molecular flexibility index (Phi) is 3.36. The number of thiophene rings is 1. The number of amides is 1. The van der Waals surface area contributed by atoms with Crippen LogP contribution < -0.4 is 11.1 Å². The van der Waals surface area contributed by atoms with Gasteiger partial charge in [0.1, 0.15) is 6.04 Å². The fourth-order valence-electron chi connectivity index (χ4n) is 2.48. The Balaban J connectivity index is 1.55. The van der Waals surface area contributed by atoms with Crippen molar-refractivity contribution in [2.75, 3.05) is 6.54 Å². The maximum atomic E-state index is 12.0. The van der Waals surface area contributed by atoms with Crippen LogP contribution in [0.15, 0.2) is 41.8 Å². The molecule has 98 valence electrons. The van der Waals surface area contributed by atoms with Gasteiger partial charge in [-0.05, 0) is 29.0 Å². The number of nitrogens with one attached hydrogen (secondary N) is 1. The van der Waals surface area contributed by atoms with Gasteiger partial charge in [0.05, 0.1) is 0 Å². The lowest BCUT2D eigenvalue weighted by molar-refractivity contribution is -0.122. The Morgan fingerprint density at radius 1 is 1.37 bits per heavy atom. The smallest absolute Gasteiger partial charge is 0.242 e. The summed E-state index contributed by atoms with van der Waals surface area (Å²) in [5.74, 6) is 0.350. The zero-order chi connectivity index (χ0) is 13.2. The van der Waals surface area contributed by atoms with Gasteiger partial charge in [-0.2, -0.15) is 0 Å². The van der Waals surface area contributed by atoms with Crippen molar-refractivity contribution in [1.82, 2.24) is 5.32 Å². The number of carbonyl (C=O) groups is 1. The van der Waals surface area contributed by atoms with E-state index in [0.717, 1.165) is 11.3 Å². The molecule has 0 saturated heterocycles. The first-order chi connectivity index (χ1) is 9.25. The third kappa shape index (κ3) is 2.41. The van der Waals surface area contributed by atoms with Gasteiger partial charge < -0.3 is 11.1 Å². The highest BCUT2D eigenvalue weighted by molar-refractivity contribution is 7.10. The molecule has 0 radical (unpaired) electrons. The summed E-state index contributed by atoms with van der Waals surface area (Å²) in [5, 5.41) is 4.89. The van der Waals surface area contributed by atoms with Gasteiger partial charge in [-0.25, -0.2) is 0 Å². The predicted molar refractivity (Wildman–Crippen MR) is 77.1 cm³/mol. The molecule has 1 aliphatic carbocycles. The Labute approximate surface area is 116 Å². The van der Waals surface area contributed by atoms with E-state index in [1.807, 2.05) is 23.6 Å². The van der Waals surface area contributed by atoms with Gasteiger partial charge in [0.25, 0.3) is 0 Å². The molecule has 1 amide bonds. The summed E-state index contributed by atoms with van der Waals surface area (Å²) < 4.78 is 0. The molecule has 1 heterocycles. The van der Waals surface area contributed by atoms with E-state index in [-0.39, 0.29) is 5.91 Å². The van der Waals surface area contributed by atoms with Gasteiger partial charge in [-0.3, -0.25) is 4.79 Å². The highest BCUT2D eigenvalue weighted by atomic mass is 32.1. The number of hydrogen-bond donors (Lipinski definition) is 2. The Hall–Kier alpha value is -1.65. The fraction of sp³-hybridized carbons (Fsp3) is 0.267. The van der Waals surface area contributed by atoms with Crippen LogP contribution in [0, 0.1) is 0 Å². The summed E-state index contributed by atoms with van der Waals surface area (Å²) in [7, 11) is 0. The third-order valence-electron chi connectivity index (χ3n) is 3.62. The van der Waals surface area contributed by atoms with E-state index in [0.29, 0.717) is 12.5 Å². The van der Waals surface area contributed by atoms with Crippen LogP contribution >= 0.6 is 11.3 Å². The van der Waals surface area contributed by atoms with Crippen LogP contribution in [0.5, 0.6) is 0 Å². The van der Waals surface area contributed by atoms with Crippen molar-refractivity contribution in [2.24, 2.45) is 5.73 Å². The van der Waals surface area contributed by atoms with Crippen LogP contribution in [-0.2, 0) is 11.2 Å². The quantitative estimate of drug-likeness (QED) is 0.896. The maximum absolute atomic E-state index is 12.0. The standard InChI is InChI=1S/C15H16N2OS/c16-14(13-6-3-7-19-13)15(18)17-9-11-8-10-4-1-2-5-12(10)11/h1-7,11,14H,8-9,16H2,(H,17,18). The van der Waals surface area contributed by atoms with Crippen molar-refractivity contribution in [3.05, 3.63) is 57.8 Å². The molecule has 3 N–H and O–H groups in total. The van der Waals surface area contributed by atoms with Crippen molar-refractivity contribution in [1.29, 1.82) is 0 Å². The highest BCUT2D eigenvalue weighted by Crippen LogP contribution is 2.34. The van der Waals surface area contributed by atoms with Gasteiger partial charge in [0.15, 0.2) is 0 Å². The number of nitrogens with two attached hydrogens (primary N) is 1. The van der Waals surface area contributed by atoms with Crippen LogP contribution in [0.1, 0.15) is 28.0 Å². The minimum Gasteiger partial charge on any atom is -0.354 e. The van der Waals surface area contributed by atoms with E-state index >= 15 is 0 Å². The van der Waals surface area contributed by atoms with Crippen LogP contribution in [0.4, 0.5) is 0 Å². The van der Waals surface area contributed by atoms with Gasteiger partial charge in [-0.1, -0.05) is 30.3 Å². The molecule has 1 aromatic carbocycles. The topological polar surface area (TPSA) is 55.1 Å². The fourth-order valence-corrected chi connectivity index (χ4v) is 3.20. The molecule has 1 aromatic heterocycles. The van der Waals surface area contributed by atoms with Gasteiger partial charge >= 0.3 is 0 Å². The minimum absolute atomic E-state index is 0.0909. The molecule has 4 heteroatoms. The number of fused-ring (bicyclic) bond motifs is 1. The number of rotatable bonds is 4. The molecule has 3 rings (SSSR count).